The SMILES string of the molecule is O=[N+]([O-])Cc1ccc(Br)cc1Cl. The van der Waals surface area contributed by atoms with Crippen molar-refractivity contribution in [2.24, 2.45) is 0 Å². The highest BCUT2D eigenvalue weighted by molar-refractivity contribution is 9.10. The number of nitro groups is 1. The number of benzene rings is 1. The lowest BCUT2D eigenvalue weighted by atomic mass is 10.2. The number of hydrogen-bond donors (Lipinski definition) is 0. The van der Waals surface area contributed by atoms with E-state index in [4.69, 9.17) is 11.6 Å². The van der Waals surface area contributed by atoms with Crippen molar-refractivity contribution in [3.8, 4) is 0 Å². The van der Waals surface area contributed by atoms with Gasteiger partial charge < -0.3 is 0 Å². The number of halogens is 2. The molecule has 3 nitrogen and oxygen atoms in total. The fourth-order valence-electron chi connectivity index (χ4n) is 0.789. The molecule has 5 heteroatoms. The standard InChI is InChI=1S/C7H5BrClNO2/c8-6-2-1-5(4-10(11)12)7(9)3-6/h1-3H,4H2. The Morgan fingerprint density at radius 2 is 2.25 bits per heavy atom. The summed E-state index contributed by atoms with van der Waals surface area (Å²) >= 11 is 8.95. The van der Waals surface area contributed by atoms with Crippen molar-refractivity contribution < 1.29 is 4.92 Å². The molecule has 12 heavy (non-hydrogen) atoms. The molecule has 0 amide bonds. The van der Waals surface area contributed by atoms with Crippen LogP contribution in [0.25, 0.3) is 0 Å². The maximum Gasteiger partial charge on any atom is 0.230 e. The molecule has 0 heterocycles. The first-order chi connectivity index (χ1) is 5.59. The van der Waals surface area contributed by atoms with E-state index in [0.717, 1.165) is 4.47 Å². The average molecular weight is 250 g/mol. The first kappa shape index (κ1) is 9.48. The molecule has 0 aromatic heterocycles. The third-order valence-electron chi connectivity index (χ3n) is 1.31. The third-order valence-corrected chi connectivity index (χ3v) is 2.16. The maximum absolute atomic E-state index is 10.1. The van der Waals surface area contributed by atoms with Gasteiger partial charge in [-0.1, -0.05) is 27.5 Å². The van der Waals surface area contributed by atoms with E-state index < -0.39 is 4.92 Å². The van der Waals surface area contributed by atoms with E-state index in [1.54, 1.807) is 18.2 Å². The lowest BCUT2D eigenvalue weighted by molar-refractivity contribution is -0.496. The van der Waals surface area contributed by atoms with Crippen LogP contribution >= 0.6 is 27.5 Å². The second-order valence-electron chi connectivity index (χ2n) is 2.23. The van der Waals surface area contributed by atoms with Crippen molar-refractivity contribution in [3.63, 3.8) is 0 Å². The molecule has 0 atom stereocenters. The van der Waals surface area contributed by atoms with E-state index in [9.17, 15) is 10.1 Å². The van der Waals surface area contributed by atoms with Gasteiger partial charge in [0.05, 0.1) is 5.02 Å². The first-order valence-electron chi connectivity index (χ1n) is 3.15. The van der Waals surface area contributed by atoms with Gasteiger partial charge in [-0.2, -0.15) is 0 Å². The topological polar surface area (TPSA) is 43.1 Å². The summed E-state index contributed by atoms with van der Waals surface area (Å²) in [6, 6.07) is 5.00. The van der Waals surface area contributed by atoms with Crippen LogP contribution in [0.3, 0.4) is 0 Å². The molecule has 0 aliphatic heterocycles. The van der Waals surface area contributed by atoms with E-state index in [0.29, 0.717) is 10.6 Å². The minimum atomic E-state index is -0.408. The third kappa shape index (κ3) is 2.46. The minimum Gasteiger partial charge on any atom is -0.264 e. The van der Waals surface area contributed by atoms with Crippen molar-refractivity contribution in [2.75, 3.05) is 0 Å². The fourth-order valence-corrected chi connectivity index (χ4v) is 1.52. The lowest BCUT2D eigenvalue weighted by Crippen LogP contribution is -1.98. The van der Waals surface area contributed by atoms with Gasteiger partial charge in [-0.3, -0.25) is 10.1 Å². The highest BCUT2D eigenvalue weighted by Crippen LogP contribution is 2.21. The van der Waals surface area contributed by atoms with E-state index in [1.165, 1.54) is 0 Å². The Labute approximate surface area is 82.6 Å². The van der Waals surface area contributed by atoms with Crippen LogP contribution in [0.4, 0.5) is 0 Å². The summed E-state index contributed by atoms with van der Waals surface area (Å²) in [7, 11) is 0. The van der Waals surface area contributed by atoms with Gasteiger partial charge in [0.1, 0.15) is 0 Å². The van der Waals surface area contributed by atoms with Crippen molar-refractivity contribution in [1.29, 1.82) is 0 Å². The molecule has 0 N–H and O–H groups in total. The summed E-state index contributed by atoms with van der Waals surface area (Å²) in [5.74, 6) is 0. The second-order valence-corrected chi connectivity index (χ2v) is 3.55. The summed E-state index contributed by atoms with van der Waals surface area (Å²) in [6.07, 6.45) is 0. The van der Waals surface area contributed by atoms with Crippen LogP contribution in [0.15, 0.2) is 22.7 Å². The van der Waals surface area contributed by atoms with Crippen molar-refractivity contribution in [2.45, 2.75) is 6.54 Å². The van der Waals surface area contributed by atoms with Gasteiger partial charge in [0, 0.05) is 15.0 Å². The van der Waals surface area contributed by atoms with E-state index in [1.807, 2.05) is 0 Å². The molecular weight excluding hydrogens is 245 g/mol. The lowest BCUT2D eigenvalue weighted by Gasteiger charge is -1.98. The second kappa shape index (κ2) is 3.87. The zero-order valence-electron chi connectivity index (χ0n) is 5.96. The molecule has 0 unspecified atom stereocenters. The largest absolute Gasteiger partial charge is 0.264 e. The normalized spacial score (nSPS) is 9.83. The molecular formula is C7H5BrClNO2. The predicted octanol–water partition coefficient (Wildman–Crippen LogP) is 2.88. The summed E-state index contributed by atoms with van der Waals surface area (Å²) in [5.41, 5.74) is 0.532. The Balaban J connectivity index is 2.93. The zero-order valence-corrected chi connectivity index (χ0v) is 8.30. The van der Waals surface area contributed by atoms with Gasteiger partial charge in [-0.15, -0.1) is 0 Å². The van der Waals surface area contributed by atoms with Crippen molar-refractivity contribution in [3.05, 3.63) is 43.4 Å². The Morgan fingerprint density at radius 3 is 2.75 bits per heavy atom. The fraction of sp³-hybridized carbons (Fsp3) is 0.143. The molecule has 0 saturated carbocycles. The first-order valence-corrected chi connectivity index (χ1v) is 4.32. The molecule has 0 saturated heterocycles. The van der Waals surface area contributed by atoms with Gasteiger partial charge in [-0.25, -0.2) is 0 Å². The van der Waals surface area contributed by atoms with E-state index in [2.05, 4.69) is 15.9 Å². The van der Waals surface area contributed by atoms with Crippen LogP contribution in [-0.2, 0) is 6.54 Å². The average Bonchev–Trinajstić information content (AvgIpc) is 1.94. The number of nitrogens with zero attached hydrogens (tertiary/aromatic N) is 1. The van der Waals surface area contributed by atoms with Gasteiger partial charge in [0.15, 0.2) is 0 Å². The Hall–Kier alpha value is -0.610. The van der Waals surface area contributed by atoms with Crippen LogP contribution in [0, 0.1) is 10.1 Å². The summed E-state index contributed by atoms with van der Waals surface area (Å²) < 4.78 is 0.819. The minimum absolute atomic E-state index is 0.230. The highest BCUT2D eigenvalue weighted by atomic mass is 79.9. The van der Waals surface area contributed by atoms with Gasteiger partial charge >= 0.3 is 0 Å². The number of rotatable bonds is 2. The molecule has 0 bridgehead atoms. The van der Waals surface area contributed by atoms with E-state index >= 15 is 0 Å². The van der Waals surface area contributed by atoms with Crippen LogP contribution in [-0.4, -0.2) is 4.92 Å². The smallest absolute Gasteiger partial charge is 0.230 e. The summed E-state index contributed by atoms with van der Waals surface area (Å²) in [5, 5.41) is 10.6. The summed E-state index contributed by atoms with van der Waals surface area (Å²) in [6.45, 7) is -0.230. The van der Waals surface area contributed by atoms with Crippen LogP contribution in [0.1, 0.15) is 5.56 Å². The van der Waals surface area contributed by atoms with Gasteiger partial charge in [0.2, 0.25) is 6.54 Å². The maximum atomic E-state index is 10.1. The molecule has 0 fully saturated rings. The predicted molar refractivity (Wildman–Crippen MR) is 49.9 cm³/mol. The molecule has 1 aromatic carbocycles. The van der Waals surface area contributed by atoms with Crippen molar-refractivity contribution >= 4 is 27.5 Å². The molecule has 1 rings (SSSR count). The molecule has 0 spiro atoms. The van der Waals surface area contributed by atoms with Crippen LogP contribution in [0.5, 0.6) is 0 Å². The monoisotopic (exact) mass is 249 g/mol. The van der Waals surface area contributed by atoms with Crippen molar-refractivity contribution in [1.82, 2.24) is 0 Å². The molecule has 1 aromatic rings. The Kier molecular flexibility index (Phi) is 3.05. The van der Waals surface area contributed by atoms with Gasteiger partial charge in [-0.05, 0) is 18.2 Å². The van der Waals surface area contributed by atoms with Gasteiger partial charge in [0.25, 0.3) is 0 Å². The van der Waals surface area contributed by atoms with Crippen LogP contribution < -0.4 is 0 Å². The molecule has 0 aliphatic carbocycles. The molecule has 0 radical (unpaired) electrons. The Morgan fingerprint density at radius 1 is 1.58 bits per heavy atom. The zero-order chi connectivity index (χ0) is 9.14. The number of hydrogen-bond acceptors (Lipinski definition) is 2. The Bertz CT molecular complexity index is 316. The summed E-state index contributed by atoms with van der Waals surface area (Å²) in [4.78, 5) is 9.73. The molecule has 64 valence electrons. The quantitative estimate of drug-likeness (QED) is 0.598. The van der Waals surface area contributed by atoms with E-state index in [-0.39, 0.29) is 6.54 Å². The highest BCUT2D eigenvalue weighted by Gasteiger charge is 2.06. The molecule has 0 aliphatic rings. The van der Waals surface area contributed by atoms with Crippen LogP contribution in [0.2, 0.25) is 5.02 Å².